The fourth-order valence-corrected chi connectivity index (χ4v) is 1.80. The molecule has 0 aliphatic carbocycles. The summed E-state index contributed by atoms with van der Waals surface area (Å²) >= 11 is 0. The third-order valence-corrected chi connectivity index (χ3v) is 2.93. The van der Waals surface area contributed by atoms with E-state index in [-0.39, 0.29) is 24.2 Å². The van der Waals surface area contributed by atoms with Gasteiger partial charge in [0.2, 0.25) is 0 Å². The summed E-state index contributed by atoms with van der Waals surface area (Å²) in [5, 5.41) is 13.2. The molecule has 0 fully saturated rings. The van der Waals surface area contributed by atoms with Gasteiger partial charge in [0.15, 0.2) is 0 Å². The first kappa shape index (κ1) is 14.7. The Hall–Kier alpha value is -2.67. The number of rotatable bonds is 6. The van der Waals surface area contributed by atoms with E-state index < -0.39 is 4.92 Å². The van der Waals surface area contributed by atoms with Gasteiger partial charge in [-0.05, 0) is 24.3 Å². The van der Waals surface area contributed by atoms with E-state index >= 15 is 0 Å². The van der Waals surface area contributed by atoms with E-state index in [0.717, 1.165) is 0 Å². The fourth-order valence-electron chi connectivity index (χ4n) is 1.80. The van der Waals surface area contributed by atoms with Gasteiger partial charge in [-0.2, -0.15) is 0 Å². The van der Waals surface area contributed by atoms with Gasteiger partial charge >= 0.3 is 0 Å². The Kier molecular flexibility index (Phi) is 4.68. The van der Waals surface area contributed by atoms with E-state index in [2.05, 4.69) is 5.32 Å². The number of carbonyl (C=O) groups excluding carboxylic acids is 1. The van der Waals surface area contributed by atoms with E-state index in [9.17, 15) is 14.9 Å². The van der Waals surface area contributed by atoms with Gasteiger partial charge in [0.05, 0.1) is 17.7 Å². The van der Waals surface area contributed by atoms with Crippen molar-refractivity contribution in [2.24, 2.45) is 0 Å². The van der Waals surface area contributed by atoms with Crippen molar-refractivity contribution in [2.45, 2.75) is 6.10 Å². The maximum atomic E-state index is 11.9. The second kappa shape index (κ2) is 6.67. The number of nitrogens with one attached hydrogen (secondary N) is 1. The van der Waals surface area contributed by atoms with E-state index in [1.807, 2.05) is 0 Å². The summed E-state index contributed by atoms with van der Waals surface area (Å²) in [6, 6.07) is 8.88. The largest absolute Gasteiger partial charge is 0.467 e. The standard InChI is InChI=1S/C14H14N2O5/c1-20-13(12-3-2-8-21-12)9-15-14(17)10-4-6-11(7-5-10)16(18)19/h2-8,13H,9H2,1H3,(H,15,17). The molecule has 1 amide bonds. The van der Waals surface area contributed by atoms with Crippen molar-refractivity contribution in [1.29, 1.82) is 0 Å². The molecule has 7 nitrogen and oxygen atoms in total. The third kappa shape index (κ3) is 3.67. The molecule has 0 bridgehead atoms. The highest BCUT2D eigenvalue weighted by molar-refractivity contribution is 5.94. The minimum atomic E-state index is -0.514. The lowest BCUT2D eigenvalue weighted by molar-refractivity contribution is -0.384. The van der Waals surface area contributed by atoms with Crippen molar-refractivity contribution in [3.63, 3.8) is 0 Å². The first-order valence-corrected chi connectivity index (χ1v) is 6.20. The van der Waals surface area contributed by atoms with Gasteiger partial charge in [-0.15, -0.1) is 0 Å². The molecule has 2 aromatic rings. The summed E-state index contributed by atoms with van der Waals surface area (Å²) in [6.07, 6.45) is 1.14. The van der Waals surface area contributed by atoms with Crippen LogP contribution in [0.3, 0.4) is 0 Å². The SMILES string of the molecule is COC(CNC(=O)c1ccc([N+](=O)[O-])cc1)c1ccco1. The number of nitrogens with zero attached hydrogens (tertiary/aromatic N) is 1. The lowest BCUT2D eigenvalue weighted by atomic mass is 10.2. The topological polar surface area (TPSA) is 94.6 Å². The quantitative estimate of drug-likeness (QED) is 0.650. The van der Waals surface area contributed by atoms with Crippen LogP contribution in [0.1, 0.15) is 22.2 Å². The molecule has 0 aliphatic heterocycles. The Morgan fingerprint density at radius 3 is 2.62 bits per heavy atom. The molecule has 21 heavy (non-hydrogen) atoms. The number of furan rings is 1. The number of nitro benzene ring substituents is 1. The van der Waals surface area contributed by atoms with Crippen LogP contribution in [0.25, 0.3) is 0 Å². The average molecular weight is 290 g/mol. The number of non-ortho nitro benzene ring substituents is 1. The molecular formula is C14H14N2O5. The molecule has 0 saturated carbocycles. The maximum Gasteiger partial charge on any atom is 0.269 e. The summed E-state index contributed by atoms with van der Waals surface area (Å²) < 4.78 is 10.4. The van der Waals surface area contributed by atoms with Crippen molar-refractivity contribution in [2.75, 3.05) is 13.7 Å². The zero-order chi connectivity index (χ0) is 15.2. The third-order valence-electron chi connectivity index (χ3n) is 2.93. The van der Waals surface area contributed by atoms with Gasteiger partial charge in [0.25, 0.3) is 11.6 Å². The van der Waals surface area contributed by atoms with E-state index in [1.165, 1.54) is 37.6 Å². The molecule has 2 rings (SSSR count). The molecule has 1 aromatic carbocycles. The zero-order valence-electron chi connectivity index (χ0n) is 11.3. The van der Waals surface area contributed by atoms with E-state index in [0.29, 0.717) is 11.3 Å². The first-order valence-electron chi connectivity index (χ1n) is 6.20. The number of ether oxygens (including phenoxy) is 1. The van der Waals surface area contributed by atoms with Crippen LogP contribution in [0, 0.1) is 10.1 Å². The van der Waals surface area contributed by atoms with Crippen LogP contribution < -0.4 is 5.32 Å². The molecule has 0 saturated heterocycles. The van der Waals surface area contributed by atoms with Crippen molar-refractivity contribution in [3.05, 3.63) is 64.1 Å². The summed E-state index contributed by atoms with van der Waals surface area (Å²) in [5.41, 5.74) is 0.284. The highest BCUT2D eigenvalue weighted by Crippen LogP contribution is 2.16. The van der Waals surface area contributed by atoms with Gasteiger partial charge in [-0.1, -0.05) is 0 Å². The Bertz CT molecular complexity index is 607. The molecule has 1 heterocycles. The minimum absolute atomic E-state index is 0.0584. The average Bonchev–Trinajstić information content (AvgIpc) is 3.02. The van der Waals surface area contributed by atoms with E-state index in [4.69, 9.17) is 9.15 Å². The monoisotopic (exact) mass is 290 g/mol. The Morgan fingerprint density at radius 1 is 1.38 bits per heavy atom. The number of hydrogen-bond acceptors (Lipinski definition) is 5. The summed E-state index contributed by atoms with van der Waals surface area (Å²) in [5.74, 6) is 0.278. The molecule has 7 heteroatoms. The van der Waals surface area contributed by atoms with Gasteiger partial charge < -0.3 is 14.5 Å². The number of carbonyl (C=O) groups is 1. The molecule has 0 spiro atoms. The number of benzene rings is 1. The normalized spacial score (nSPS) is 11.9. The summed E-state index contributed by atoms with van der Waals surface area (Å²) in [6.45, 7) is 0.236. The Morgan fingerprint density at radius 2 is 2.10 bits per heavy atom. The zero-order valence-corrected chi connectivity index (χ0v) is 11.3. The van der Waals surface area contributed by atoms with Crippen LogP contribution >= 0.6 is 0 Å². The van der Waals surface area contributed by atoms with Crippen molar-refractivity contribution < 1.29 is 18.9 Å². The van der Waals surface area contributed by atoms with Crippen LogP contribution in [0.5, 0.6) is 0 Å². The van der Waals surface area contributed by atoms with Crippen LogP contribution in [-0.4, -0.2) is 24.5 Å². The molecule has 1 atom stereocenters. The van der Waals surface area contributed by atoms with Gasteiger partial charge in [-0.25, -0.2) is 0 Å². The summed E-state index contributed by atoms with van der Waals surface area (Å²) in [7, 11) is 1.52. The molecule has 1 N–H and O–H groups in total. The summed E-state index contributed by atoms with van der Waals surface area (Å²) in [4.78, 5) is 22.0. The smallest absolute Gasteiger partial charge is 0.269 e. The van der Waals surface area contributed by atoms with E-state index in [1.54, 1.807) is 12.1 Å². The fraction of sp³-hybridized carbons (Fsp3) is 0.214. The molecule has 1 aromatic heterocycles. The van der Waals surface area contributed by atoms with Crippen LogP contribution in [-0.2, 0) is 4.74 Å². The molecule has 1 unspecified atom stereocenters. The predicted octanol–water partition coefficient (Wildman–Crippen LogP) is 2.31. The predicted molar refractivity (Wildman–Crippen MR) is 73.9 cm³/mol. The van der Waals surface area contributed by atoms with Crippen molar-refractivity contribution in [3.8, 4) is 0 Å². The van der Waals surface area contributed by atoms with Gasteiger partial charge in [0, 0.05) is 24.8 Å². The molecule has 110 valence electrons. The highest BCUT2D eigenvalue weighted by atomic mass is 16.6. The lowest BCUT2D eigenvalue weighted by Gasteiger charge is -2.13. The second-order valence-electron chi connectivity index (χ2n) is 4.25. The molecule has 0 aliphatic rings. The lowest BCUT2D eigenvalue weighted by Crippen LogP contribution is -2.28. The second-order valence-corrected chi connectivity index (χ2v) is 4.25. The Labute approximate surface area is 120 Å². The van der Waals surface area contributed by atoms with Crippen LogP contribution in [0.4, 0.5) is 5.69 Å². The number of methoxy groups -OCH3 is 1. The first-order chi connectivity index (χ1) is 10.1. The molecule has 0 radical (unpaired) electrons. The minimum Gasteiger partial charge on any atom is -0.467 e. The van der Waals surface area contributed by atoms with Gasteiger partial charge in [-0.3, -0.25) is 14.9 Å². The Balaban J connectivity index is 1.96. The van der Waals surface area contributed by atoms with Gasteiger partial charge in [0.1, 0.15) is 11.9 Å². The van der Waals surface area contributed by atoms with Crippen molar-refractivity contribution >= 4 is 11.6 Å². The number of amides is 1. The number of nitro groups is 1. The number of hydrogen-bond donors (Lipinski definition) is 1. The maximum absolute atomic E-state index is 11.9. The van der Waals surface area contributed by atoms with Crippen LogP contribution in [0.2, 0.25) is 0 Å². The highest BCUT2D eigenvalue weighted by Gasteiger charge is 2.15. The van der Waals surface area contributed by atoms with Crippen LogP contribution in [0.15, 0.2) is 47.1 Å². The van der Waals surface area contributed by atoms with Crippen molar-refractivity contribution in [1.82, 2.24) is 5.32 Å². The molecular weight excluding hydrogens is 276 g/mol.